The molecule has 0 bridgehead atoms. The summed E-state index contributed by atoms with van der Waals surface area (Å²) < 4.78 is 5.85. The monoisotopic (exact) mass is 442 g/mol. The van der Waals surface area contributed by atoms with Crippen LogP contribution in [0.4, 0.5) is 0 Å². The second kappa shape index (κ2) is 7.09. The summed E-state index contributed by atoms with van der Waals surface area (Å²) in [5.41, 5.74) is 3.09. The van der Waals surface area contributed by atoms with Gasteiger partial charge in [-0.2, -0.15) is 0 Å². The van der Waals surface area contributed by atoms with Crippen LogP contribution in [-0.2, 0) is 4.74 Å². The van der Waals surface area contributed by atoms with Crippen molar-refractivity contribution >= 4 is 0 Å². The van der Waals surface area contributed by atoms with Crippen molar-refractivity contribution in [2.45, 2.75) is 131 Å². The van der Waals surface area contributed by atoms with Crippen LogP contribution in [0.25, 0.3) is 0 Å². The first-order valence-corrected chi connectivity index (χ1v) is 13.8. The van der Waals surface area contributed by atoms with Crippen LogP contribution in [0, 0.1) is 45.3 Å². The van der Waals surface area contributed by atoms with Crippen LogP contribution in [0.2, 0.25) is 0 Å². The van der Waals surface area contributed by atoms with Gasteiger partial charge in [0.2, 0.25) is 0 Å². The van der Waals surface area contributed by atoms with Crippen molar-refractivity contribution in [2.75, 3.05) is 0 Å². The van der Waals surface area contributed by atoms with Crippen molar-refractivity contribution in [2.24, 2.45) is 45.3 Å². The maximum atomic E-state index is 10.9. The molecule has 32 heavy (non-hydrogen) atoms. The maximum Gasteiger partial charge on any atom is 0.0902 e. The molecule has 1 saturated heterocycles. The summed E-state index contributed by atoms with van der Waals surface area (Å²) >= 11 is 0. The van der Waals surface area contributed by atoms with E-state index in [0.717, 1.165) is 30.6 Å². The third-order valence-corrected chi connectivity index (χ3v) is 12.8. The molecule has 0 radical (unpaired) electrons. The third-order valence-electron chi connectivity index (χ3n) is 12.8. The van der Waals surface area contributed by atoms with Crippen LogP contribution in [0.15, 0.2) is 11.6 Å². The molecule has 1 aliphatic heterocycles. The van der Waals surface area contributed by atoms with Crippen molar-refractivity contribution in [1.29, 1.82) is 0 Å². The van der Waals surface area contributed by atoms with E-state index in [2.05, 4.69) is 61.5 Å². The first-order valence-electron chi connectivity index (χ1n) is 13.8. The number of allylic oxidation sites excluding steroid dienone is 1. The van der Waals surface area contributed by atoms with E-state index in [9.17, 15) is 5.11 Å². The number of fused-ring (bicyclic) bond motifs is 5. The van der Waals surface area contributed by atoms with Crippen molar-refractivity contribution in [1.82, 2.24) is 0 Å². The van der Waals surface area contributed by atoms with Crippen LogP contribution in [0.3, 0.4) is 0 Å². The fourth-order valence-corrected chi connectivity index (χ4v) is 10.4. The standard InChI is InChI=1S/C30H50O2/c1-19(9-12-25-27(4,5)32-25)20-13-17-29(7)21(20)10-11-23-28(6)16-15-24(31)26(2,3)22(28)14-18-30(23,29)8/h9,20-25,31H,10-18H2,1-8H3. The zero-order valence-electron chi connectivity index (χ0n) is 22.3. The van der Waals surface area contributed by atoms with Gasteiger partial charge in [0.15, 0.2) is 0 Å². The highest BCUT2D eigenvalue weighted by atomic mass is 16.6. The number of epoxide rings is 1. The molecule has 0 aromatic heterocycles. The molecular formula is C30H50O2. The second-order valence-electron chi connectivity index (χ2n) is 14.6. The van der Waals surface area contributed by atoms with Crippen LogP contribution < -0.4 is 0 Å². The van der Waals surface area contributed by atoms with E-state index >= 15 is 0 Å². The summed E-state index contributed by atoms with van der Waals surface area (Å²) in [4.78, 5) is 0. The van der Waals surface area contributed by atoms with Gasteiger partial charge in [-0.3, -0.25) is 0 Å². The van der Waals surface area contributed by atoms with Crippen molar-refractivity contribution in [3.8, 4) is 0 Å². The lowest BCUT2D eigenvalue weighted by atomic mass is 9.35. The van der Waals surface area contributed by atoms with Gasteiger partial charge in [-0.1, -0.05) is 46.3 Å². The Morgan fingerprint density at radius 1 is 0.844 bits per heavy atom. The lowest BCUT2D eigenvalue weighted by Crippen LogP contribution is -2.63. The van der Waals surface area contributed by atoms with Crippen molar-refractivity contribution in [3.05, 3.63) is 11.6 Å². The molecule has 2 heteroatoms. The number of aliphatic hydroxyl groups is 1. The minimum atomic E-state index is -0.124. The van der Waals surface area contributed by atoms with E-state index in [1.54, 1.807) is 5.57 Å². The summed E-state index contributed by atoms with van der Waals surface area (Å²) in [5.74, 6) is 3.09. The lowest BCUT2D eigenvalue weighted by molar-refractivity contribution is -0.220. The van der Waals surface area contributed by atoms with E-state index in [-0.39, 0.29) is 17.1 Å². The third kappa shape index (κ3) is 3.03. The molecule has 4 aliphatic carbocycles. The molecule has 2 nitrogen and oxygen atoms in total. The molecule has 182 valence electrons. The number of aliphatic hydroxyl groups excluding tert-OH is 1. The van der Waals surface area contributed by atoms with E-state index < -0.39 is 0 Å². The van der Waals surface area contributed by atoms with Gasteiger partial charge in [0, 0.05) is 0 Å². The second-order valence-corrected chi connectivity index (χ2v) is 14.6. The Bertz CT molecular complexity index is 795. The summed E-state index contributed by atoms with van der Waals surface area (Å²) in [6.07, 6.45) is 14.4. The molecule has 1 heterocycles. The average Bonchev–Trinajstić information content (AvgIpc) is 3.15. The van der Waals surface area contributed by atoms with Crippen LogP contribution in [-0.4, -0.2) is 22.9 Å². The van der Waals surface area contributed by atoms with E-state index in [1.165, 1.54) is 44.9 Å². The quantitative estimate of drug-likeness (QED) is 0.361. The average molecular weight is 443 g/mol. The molecule has 5 fully saturated rings. The largest absolute Gasteiger partial charge is 0.393 e. The smallest absolute Gasteiger partial charge is 0.0902 e. The molecule has 0 spiro atoms. The first kappa shape index (κ1) is 23.4. The fraction of sp³-hybridized carbons (Fsp3) is 0.933. The molecular weight excluding hydrogens is 392 g/mol. The van der Waals surface area contributed by atoms with Gasteiger partial charge < -0.3 is 9.84 Å². The van der Waals surface area contributed by atoms with Crippen molar-refractivity contribution in [3.63, 3.8) is 0 Å². The number of hydrogen-bond donors (Lipinski definition) is 1. The number of ether oxygens (including phenoxy) is 1. The Labute approximate surface area is 198 Å². The molecule has 5 rings (SSSR count). The minimum absolute atomic E-state index is 0.0578. The van der Waals surface area contributed by atoms with Gasteiger partial charge in [-0.15, -0.1) is 0 Å². The molecule has 0 aromatic rings. The topological polar surface area (TPSA) is 32.8 Å². The van der Waals surface area contributed by atoms with Gasteiger partial charge in [-0.25, -0.2) is 0 Å². The van der Waals surface area contributed by atoms with Gasteiger partial charge in [-0.05, 0) is 124 Å². The van der Waals surface area contributed by atoms with Crippen LogP contribution in [0.5, 0.6) is 0 Å². The number of hydrogen-bond acceptors (Lipinski definition) is 2. The zero-order chi connectivity index (χ0) is 23.3. The first-order chi connectivity index (χ1) is 14.8. The Morgan fingerprint density at radius 2 is 1.50 bits per heavy atom. The molecule has 5 aliphatic rings. The normalized spacial score (nSPS) is 53.8. The van der Waals surface area contributed by atoms with Crippen LogP contribution in [0.1, 0.15) is 113 Å². The van der Waals surface area contributed by atoms with E-state index in [0.29, 0.717) is 28.3 Å². The summed E-state index contributed by atoms with van der Waals surface area (Å²) in [6.45, 7) is 19.6. The molecule has 4 saturated carbocycles. The summed E-state index contributed by atoms with van der Waals surface area (Å²) in [6, 6.07) is 0. The molecule has 0 aromatic carbocycles. The van der Waals surface area contributed by atoms with Gasteiger partial charge in [0.25, 0.3) is 0 Å². The van der Waals surface area contributed by atoms with Crippen LogP contribution >= 0.6 is 0 Å². The zero-order valence-corrected chi connectivity index (χ0v) is 22.3. The Kier molecular flexibility index (Phi) is 5.19. The maximum absolute atomic E-state index is 10.9. The Balaban J connectivity index is 1.40. The van der Waals surface area contributed by atoms with E-state index in [4.69, 9.17) is 4.74 Å². The fourth-order valence-electron chi connectivity index (χ4n) is 10.4. The van der Waals surface area contributed by atoms with E-state index in [1.807, 2.05) is 0 Å². The predicted molar refractivity (Wildman–Crippen MR) is 132 cm³/mol. The molecule has 9 atom stereocenters. The highest BCUT2D eigenvalue weighted by Crippen LogP contribution is 2.75. The van der Waals surface area contributed by atoms with Gasteiger partial charge in [0.05, 0.1) is 17.8 Å². The highest BCUT2D eigenvalue weighted by Gasteiger charge is 2.68. The van der Waals surface area contributed by atoms with Crippen molar-refractivity contribution < 1.29 is 9.84 Å². The van der Waals surface area contributed by atoms with Gasteiger partial charge in [0.1, 0.15) is 0 Å². The minimum Gasteiger partial charge on any atom is -0.393 e. The Hall–Kier alpha value is -0.340. The molecule has 9 unspecified atom stereocenters. The number of rotatable bonds is 3. The summed E-state index contributed by atoms with van der Waals surface area (Å²) in [5, 5.41) is 10.9. The SMILES string of the molecule is CC(=CCC1OC1(C)C)C1CCC2(C)C1CCC1C3(C)CCC(O)C(C)(C)C3CCC12C. The molecule has 1 N–H and O–H groups in total. The Morgan fingerprint density at radius 3 is 2.16 bits per heavy atom. The lowest BCUT2D eigenvalue weighted by Gasteiger charge is -2.69. The van der Waals surface area contributed by atoms with Gasteiger partial charge >= 0.3 is 0 Å². The predicted octanol–water partition coefficient (Wildman–Crippen LogP) is 7.55. The molecule has 0 amide bonds. The highest BCUT2D eigenvalue weighted by molar-refractivity contribution is 5.21. The summed E-state index contributed by atoms with van der Waals surface area (Å²) in [7, 11) is 0.